The van der Waals surface area contributed by atoms with Gasteiger partial charge in [-0.15, -0.1) is 0 Å². The summed E-state index contributed by atoms with van der Waals surface area (Å²) in [5.74, 6) is 0.876. The highest BCUT2D eigenvalue weighted by Crippen LogP contribution is 2.46. The number of phenolic OH excluding ortho intramolecular Hbond substituents is 2. The van der Waals surface area contributed by atoms with E-state index in [4.69, 9.17) is 38.9 Å². The number of methoxy groups -OCH3 is 1. The number of phenols is 2. The maximum absolute atomic E-state index is 13.5. The van der Waals surface area contributed by atoms with Gasteiger partial charge >= 0.3 is 11.9 Å². The molecule has 0 aromatic heterocycles. The van der Waals surface area contributed by atoms with Crippen molar-refractivity contribution in [1.82, 2.24) is 5.32 Å². The van der Waals surface area contributed by atoms with E-state index in [1.165, 1.54) is 26.3 Å². The standard InChI is InChI=1S/C42H52N4O15/c1-21(2)16-24-12-9-14-56-37-34(50)33(49)36(60-41(37)59-29-19-27(46-22(24)3)25(38(51)52)17-28(29)58-20-45-42(43)44-4)40(54)61-39(53)26-18-30(55-5)32(48)35(31(26)47)57-15-13-23-10-7-6-8-11-23/h6-8,10-11,17-19,21-22,24,33-34,36-37,40-41,46-50,54H,13-16,20H2,1-5H3,(H,51,52)(H3,43,44,45)/t22-,24+,33+,34+,36+,37-,40+,41-/m1/s1. The van der Waals surface area contributed by atoms with Crippen molar-refractivity contribution in [3.63, 3.8) is 0 Å². The number of rotatable bonds is 14. The summed E-state index contributed by atoms with van der Waals surface area (Å²) in [4.78, 5) is 29.9. The van der Waals surface area contributed by atoms with Gasteiger partial charge in [0.05, 0.1) is 25.0 Å². The Morgan fingerprint density at radius 3 is 2.44 bits per heavy atom. The summed E-state index contributed by atoms with van der Waals surface area (Å²) in [6.07, 6.45) is -10.3. The molecule has 3 aromatic rings. The molecule has 8 atom stereocenters. The van der Waals surface area contributed by atoms with Crippen molar-refractivity contribution >= 4 is 23.6 Å². The molecule has 0 unspecified atom stereocenters. The molecule has 2 aliphatic rings. The highest BCUT2D eigenvalue weighted by molar-refractivity contribution is 5.96. The van der Waals surface area contributed by atoms with Gasteiger partial charge in [-0.05, 0) is 24.8 Å². The number of hydrogen-bond donors (Lipinski definition) is 9. The van der Waals surface area contributed by atoms with Crippen LogP contribution in [-0.2, 0) is 20.6 Å². The van der Waals surface area contributed by atoms with Gasteiger partial charge in [-0.3, -0.25) is 4.99 Å². The Kier molecular flexibility index (Phi) is 15.7. The SMILES string of the molecule is CN=C(N)NCOc1cc(C(=O)O)c2cc1O[C@@H]1O[C@H]([C@@H](O)OC(=O)c3cc(OC)c(O)c(OCCc4ccccc4)c3O)[C@@H](O)[C@H](O)[C@H]1OCC#C[C@@H](CC(C)C)[C@@H](C)N2. The van der Waals surface area contributed by atoms with Crippen molar-refractivity contribution in [3.05, 3.63) is 65.2 Å². The lowest BCUT2D eigenvalue weighted by Crippen LogP contribution is -2.63. The summed E-state index contributed by atoms with van der Waals surface area (Å²) < 4.78 is 40.0. The number of esters is 1. The Balaban J connectivity index is 1.46. The molecule has 0 aliphatic carbocycles. The molecule has 1 saturated heterocycles. The molecule has 0 saturated carbocycles. The Bertz CT molecular complexity index is 2090. The van der Waals surface area contributed by atoms with Gasteiger partial charge in [-0.1, -0.05) is 56.0 Å². The number of nitrogens with two attached hydrogens (primary N) is 1. The predicted molar refractivity (Wildman–Crippen MR) is 218 cm³/mol. The van der Waals surface area contributed by atoms with Crippen molar-refractivity contribution in [3.8, 4) is 46.3 Å². The number of ether oxygens (including phenoxy) is 7. The first-order valence-corrected chi connectivity index (χ1v) is 19.4. The second-order valence-corrected chi connectivity index (χ2v) is 14.6. The van der Waals surface area contributed by atoms with Gasteiger partial charge in [0, 0.05) is 43.6 Å². The minimum atomic E-state index is -2.34. The first-order chi connectivity index (χ1) is 29.1. The number of aromatic carboxylic acids is 1. The molecule has 3 aromatic carbocycles. The maximum atomic E-state index is 13.5. The molecular weight excluding hydrogens is 800 g/mol. The largest absolute Gasteiger partial charge is 0.504 e. The first-order valence-electron chi connectivity index (χ1n) is 19.4. The molecule has 10 N–H and O–H groups in total. The Hall–Kier alpha value is -6.17. The van der Waals surface area contributed by atoms with E-state index in [9.17, 15) is 40.2 Å². The fourth-order valence-corrected chi connectivity index (χ4v) is 6.59. The van der Waals surface area contributed by atoms with E-state index >= 15 is 0 Å². The van der Waals surface area contributed by atoms with Crippen LogP contribution in [0.4, 0.5) is 5.69 Å². The summed E-state index contributed by atoms with van der Waals surface area (Å²) in [6.45, 7) is 5.28. The molecule has 61 heavy (non-hydrogen) atoms. The van der Waals surface area contributed by atoms with E-state index in [-0.39, 0.29) is 72.3 Å². The molecule has 0 spiro atoms. The monoisotopic (exact) mass is 852 g/mol. The van der Waals surface area contributed by atoms with Crippen LogP contribution in [0.2, 0.25) is 0 Å². The second-order valence-electron chi connectivity index (χ2n) is 14.6. The number of aliphatic hydroxyl groups excluding tert-OH is 3. The number of nitrogens with zero attached hydrogens (tertiary/aromatic N) is 1. The lowest BCUT2D eigenvalue weighted by Gasteiger charge is -2.43. The topological polar surface area (TPSA) is 283 Å². The zero-order valence-corrected chi connectivity index (χ0v) is 34.2. The predicted octanol–water partition coefficient (Wildman–Crippen LogP) is 2.16. The van der Waals surface area contributed by atoms with Crippen LogP contribution in [0.15, 0.2) is 53.5 Å². The number of nitrogens with one attached hydrogen (secondary N) is 2. The number of fused-ring (bicyclic) bond motifs is 3. The van der Waals surface area contributed by atoms with Crippen LogP contribution < -0.4 is 35.3 Å². The number of hydrogen-bond acceptors (Lipinski definition) is 16. The summed E-state index contributed by atoms with van der Waals surface area (Å²) >= 11 is 0. The molecule has 0 amide bonds. The lowest BCUT2D eigenvalue weighted by atomic mass is 9.91. The number of guanidine groups is 1. The number of carboxylic acid groups (broad SMARTS) is 1. The molecular formula is C42H52N4O15. The quantitative estimate of drug-likeness (QED) is 0.0369. The van der Waals surface area contributed by atoms with Gasteiger partial charge in [0.25, 0.3) is 0 Å². The lowest BCUT2D eigenvalue weighted by molar-refractivity contribution is -0.314. The summed E-state index contributed by atoms with van der Waals surface area (Å²) in [6, 6.07) is 12.3. The summed E-state index contributed by atoms with van der Waals surface area (Å²) in [7, 11) is 2.64. The fourth-order valence-electron chi connectivity index (χ4n) is 6.59. The van der Waals surface area contributed by atoms with E-state index in [2.05, 4.69) is 27.5 Å². The minimum absolute atomic E-state index is 0.0149. The molecule has 2 aliphatic heterocycles. The number of aromatic hydroxyl groups is 2. The van der Waals surface area contributed by atoms with Gasteiger partial charge in [0.2, 0.25) is 24.1 Å². The van der Waals surface area contributed by atoms with Gasteiger partial charge in [-0.2, -0.15) is 0 Å². The van der Waals surface area contributed by atoms with Crippen LogP contribution in [0, 0.1) is 23.7 Å². The van der Waals surface area contributed by atoms with Crippen LogP contribution in [0.25, 0.3) is 0 Å². The Morgan fingerprint density at radius 2 is 1.77 bits per heavy atom. The Morgan fingerprint density at radius 1 is 1.05 bits per heavy atom. The van der Waals surface area contributed by atoms with Crippen LogP contribution >= 0.6 is 0 Å². The average Bonchev–Trinajstić information content (AvgIpc) is 3.23. The van der Waals surface area contributed by atoms with Crippen LogP contribution in [0.5, 0.6) is 34.5 Å². The molecule has 2 heterocycles. The first kappa shape index (κ1) is 45.9. The normalized spacial score (nSPS) is 23.2. The zero-order valence-electron chi connectivity index (χ0n) is 34.2. The number of aliphatic imine (C=N–C) groups is 1. The number of benzene rings is 3. The van der Waals surface area contributed by atoms with E-state index in [0.29, 0.717) is 12.8 Å². The molecule has 0 radical (unpaired) electrons. The summed E-state index contributed by atoms with van der Waals surface area (Å²) in [5.41, 5.74) is 5.97. The highest BCUT2D eigenvalue weighted by atomic mass is 16.7. The van der Waals surface area contributed by atoms with E-state index < -0.39 is 71.7 Å². The van der Waals surface area contributed by atoms with Gasteiger partial charge < -0.3 is 80.2 Å². The third-order valence-corrected chi connectivity index (χ3v) is 9.83. The molecule has 330 valence electrons. The molecule has 1 fully saturated rings. The van der Waals surface area contributed by atoms with Gasteiger partial charge in [-0.25, -0.2) is 9.59 Å². The maximum Gasteiger partial charge on any atom is 0.344 e. The van der Waals surface area contributed by atoms with Crippen molar-refractivity contribution in [1.29, 1.82) is 0 Å². The zero-order chi connectivity index (χ0) is 44.4. The van der Waals surface area contributed by atoms with Gasteiger partial charge in [0.1, 0.15) is 30.5 Å². The number of carbonyl (C=O) groups is 2. The van der Waals surface area contributed by atoms with E-state index in [1.807, 2.05) is 51.1 Å². The number of aliphatic hydroxyl groups is 3. The second kappa shape index (κ2) is 20.9. The molecule has 19 nitrogen and oxygen atoms in total. The molecule has 2 bridgehead atoms. The third-order valence-electron chi connectivity index (χ3n) is 9.83. The molecule has 5 rings (SSSR count). The van der Waals surface area contributed by atoms with Crippen molar-refractivity contribution in [2.24, 2.45) is 22.6 Å². The number of anilines is 1. The smallest absolute Gasteiger partial charge is 0.344 e. The van der Waals surface area contributed by atoms with E-state index in [0.717, 1.165) is 11.6 Å². The van der Waals surface area contributed by atoms with Crippen molar-refractivity contribution in [2.75, 3.05) is 39.4 Å². The number of carboxylic acids is 1. The Labute approximate surface area is 352 Å². The van der Waals surface area contributed by atoms with Crippen LogP contribution in [-0.4, -0.2) is 126 Å². The van der Waals surface area contributed by atoms with Crippen LogP contribution in [0.1, 0.15) is 53.5 Å². The van der Waals surface area contributed by atoms with Crippen LogP contribution in [0.3, 0.4) is 0 Å². The minimum Gasteiger partial charge on any atom is -0.504 e. The fraction of sp³-hybridized carbons (Fsp3) is 0.452. The molecule has 19 heteroatoms. The highest BCUT2D eigenvalue weighted by Gasteiger charge is 2.50. The van der Waals surface area contributed by atoms with E-state index in [1.54, 1.807) is 0 Å². The van der Waals surface area contributed by atoms with Crippen molar-refractivity contribution in [2.45, 2.75) is 76.7 Å². The number of carbonyl (C=O) groups excluding carboxylic acids is 1. The third kappa shape index (κ3) is 11.4. The summed E-state index contributed by atoms with van der Waals surface area (Å²) in [5, 5.41) is 72.0. The average molecular weight is 853 g/mol. The van der Waals surface area contributed by atoms with Crippen molar-refractivity contribution < 1.29 is 73.4 Å². The van der Waals surface area contributed by atoms with Gasteiger partial charge in [0.15, 0.2) is 41.8 Å².